The van der Waals surface area contributed by atoms with Crippen LogP contribution in [0.2, 0.25) is 0 Å². The van der Waals surface area contributed by atoms with Crippen molar-refractivity contribution in [2.24, 2.45) is 5.10 Å². The van der Waals surface area contributed by atoms with Crippen LogP contribution in [0.5, 0.6) is 11.5 Å². The number of carbonyl (C=O) groups excluding carboxylic acids is 2. The van der Waals surface area contributed by atoms with E-state index in [2.05, 4.69) is 26.1 Å². The van der Waals surface area contributed by atoms with Crippen LogP contribution in [0.4, 0.5) is 5.95 Å². The number of hydrogen-bond donors (Lipinski definition) is 2. The zero-order valence-electron chi connectivity index (χ0n) is 14.8. The highest BCUT2D eigenvalue weighted by Gasteiger charge is 2.09. The molecule has 1 amide bonds. The van der Waals surface area contributed by atoms with E-state index in [9.17, 15) is 9.59 Å². The summed E-state index contributed by atoms with van der Waals surface area (Å²) < 4.78 is 16.5. The Labute approximate surface area is 154 Å². The smallest absolute Gasteiger partial charge is 0.344 e. The second kappa shape index (κ2) is 9.70. The Morgan fingerprint density at radius 3 is 2.85 bits per heavy atom. The molecule has 1 aromatic heterocycles. The van der Waals surface area contributed by atoms with Gasteiger partial charge in [-0.3, -0.25) is 4.79 Å². The lowest BCUT2D eigenvalue weighted by molar-refractivity contribution is -0.145. The fourth-order valence-corrected chi connectivity index (χ4v) is 1.90. The number of anilines is 1. The summed E-state index contributed by atoms with van der Waals surface area (Å²) in [4.78, 5) is 23.1. The molecule has 0 spiro atoms. The molecule has 0 aliphatic carbocycles. The van der Waals surface area contributed by atoms with E-state index in [1.807, 2.05) is 0 Å². The summed E-state index contributed by atoms with van der Waals surface area (Å²) in [6.07, 6.45) is 1.42. The first-order chi connectivity index (χ1) is 13.0. The zero-order valence-corrected chi connectivity index (χ0v) is 14.8. The maximum Gasteiger partial charge on any atom is 0.344 e. The highest BCUT2D eigenvalue weighted by Crippen LogP contribution is 2.27. The molecule has 1 aromatic carbocycles. The van der Waals surface area contributed by atoms with Crippen molar-refractivity contribution in [3.63, 3.8) is 0 Å². The van der Waals surface area contributed by atoms with Gasteiger partial charge in [-0.05, 0) is 41.1 Å². The molecule has 1 heterocycles. The number of ether oxygens (including phenoxy) is 3. The highest BCUT2D eigenvalue weighted by atomic mass is 16.6. The van der Waals surface area contributed by atoms with Crippen molar-refractivity contribution in [2.75, 3.05) is 26.1 Å². The van der Waals surface area contributed by atoms with E-state index < -0.39 is 11.9 Å². The molecule has 0 unspecified atom stereocenters. The summed E-state index contributed by atoms with van der Waals surface area (Å²) in [6, 6.07) is 4.93. The third kappa shape index (κ3) is 5.95. The van der Waals surface area contributed by atoms with E-state index in [1.165, 1.54) is 13.3 Å². The number of nitrogen functional groups attached to an aromatic ring is 1. The van der Waals surface area contributed by atoms with Gasteiger partial charge >= 0.3 is 5.97 Å². The molecular formula is C15H19N7O5. The molecular weight excluding hydrogens is 358 g/mol. The van der Waals surface area contributed by atoms with Crippen LogP contribution >= 0.6 is 0 Å². The van der Waals surface area contributed by atoms with Crippen LogP contribution in [0.3, 0.4) is 0 Å². The number of rotatable bonds is 9. The molecule has 0 radical (unpaired) electrons. The Morgan fingerprint density at radius 1 is 1.37 bits per heavy atom. The summed E-state index contributed by atoms with van der Waals surface area (Å²) >= 11 is 0. The maximum atomic E-state index is 11.7. The average Bonchev–Trinajstić information content (AvgIpc) is 3.05. The predicted octanol–water partition coefficient (Wildman–Crippen LogP) is -0.644. The number of nitrogens with two attached hydrogens (primary N) is 1. The first-order valence-corrected chi connectivity index (χ1v) is 7.83. The minimum absolute atomic E-state index is 0.0253. The number of tetrazole rings is 1. The summed E-state index contributed by atoms with van der Waals surface area (Å²) in [5.74, 6) is -0.128. The predicted molar refractivity (Wildman–Crippen MR) is 93.1 cm³/mol. The Balaban J connectivity index is 1.92. The second-order valence-corrected chi connectivity index (χ2v) is 4.99. The van der Waals surface area contributed by atoms with Gasteiger partial charge in [-0.15, -0.1) is 0 Å². The Hall–Kier alpha value is -3.70. The highest BCUT2D eigenvalue weighted by molar-refractivity contribution is 5.83. The van der Waals surface area contributed by atoms with Gasteiger partial charge in [-0.1, -0.05) is 5.10 Å². The molecule has 3 N–H and O–H groups in total. The minimum atomic E-state index is -0.476. The Kier molecular flexibility index (Phi) is 7.05. The summed E-state index contributed by atoms with van der Waals surface area (Å²) in [6.45, 7) is 1.59. The number of hydrogen-bond acceptors (Lipinski definition) is 10. The number of esters is 1. The van der Waals surface area contributed by atoms with Crippen molar-refractivity contribution in [3.05, 3.63) is 23.8 Å². The second-order valence-electron chi connectivity index (χ2n) is 4.99. The average molecular weight is 377 g/mol. The van der Waals surface area contributed by atoms with E-state index in [0.717, 1.165) is 4.68 Å². The molecule has 0 saturated carbocycles. The molecule has 144 valence electrons. The fourth-order valence-electron chi connectivity index (χ4n) is 1.90. The third-order valence-electron chi connectivity index (χ3n) is 3.09. The van der Waals surface area contributed by atoms with Crippen LogP contribution in [0, 0.1) is 0 Å². The molecule has 0 atom stereocenters. The van der Waals surface area contributed by atoms with Crippen LogP contribution in [0.1, 0.15) is 12.5 Å². The summed E-state index contributed by atoms with van der Waals surface area (Å²) in [5, 5.41) is 14.2. The van der Waals surface area contributed by atoms with Gasteiger partial charge in [0.2, 0.25) is 5.95 Å². The SMILES string of the molecule is CCOC(=O)COc1ccc(C=NNC(=O)Cn2nnnc2N)cc1OC. The number of hydrazone groups is 1. The third-order valence-corrected chi connectivity index (χ3v) is 3.09. The summed E-state index contributed by atoms with van der Waals surface area (Å²) in [5.41, 5.74) is 8.43. The molecule has 12 nitrogen and oxygen atoms in total. The number of methoxy groups -OCH3 is 1. The van der Waals surface area contributed by atoms with Crippen molar-refractivity contribution in [1.29, 1.82) is 0 Å². The van der Waals surface area contributed by atoms with Gasteiger partial charge in [0.1, 0.15) is 6.54 Å². The van der Waals surface area contributed by atoms with E-state index in [4.69, 9.17) is 19.9 Å². The van der Waals surface area contributed by atoms with Crippen molar-refractivity contribution in [3.8, 4) is 11.5 Å². The van der Waals surface area contributed by atoms with Crippen molar-refractivity contribution in [2.45, 2.75) is 13.5 Å². The van der Waals surface area contributed by atoms with Gasteiger partial charge in [0.05, 0.1) is 19.9 Å². The molecule has 0 saturated heterocycles. The quantitative estimate of drug-likeness (QED) is 0.329. The Morgan fingerprint density at radius 2 is 2.19 bits per heavy atom. The molecule has 27 heavy (non-hydrogen) atoms. The van der Waals surface area contributed by atoms with Crippen molar-refractivity contribution >= 4 is 24.0 Å². The standard InChI is InChI=1S/C15H19N7O5/c1-3-26-14(24)9-27-11-5-4-10(6-12(11)25-2)7-17-18-13(23)8-22-15(16)19-20-21-22/h4-7H,3,8-9H2,1-2H3,(H,18,23)(H2,16,19,21). The molecule has 0 bridgehead atoms. The van der Waals surface area contributed by atoms with Crippen LogP contribution in [-0.4, -0.2) is 58.6 Å². The fraction of sp³-hybridized carbons (Fsp3) is 0.333. The number of aromatic nitrogens is 4. The summed E-state index contributed by atoms with van der Waals surface area (Å²) in [7, 11) is 1.46. The van der Waals surface area contributed by atoms with Crippen LogP contribution in [-0.2, 0) is 20.9 Å². The topological polar surface area (TPSA) is 156 Å². The van der Waals surface area contributed by atoms with E-state index >= 15 is 0 Å². The van der Waals surface area contributed by atoms with Crippen molar-refractivity contribution in [1.82, 2.24) is 25.6 Å². The molecule has 0 aliphatic rings. The first kappa shape index (κ1) is 19.6. The lowest BCUT2D eigenvalue weighted by Gasteiger charge is -2.10. The van der Waals surface area contributed by atoms with Crippen LogP contribution < -0.4 is 20.6 Å². The number of nitrogens with zero attached hydrogens (tertiary/aromatic N) is 5. The molecule has 2 rings (SSSR count). The Bertz CT molecular complexity index is 821. The monoisotopic (exact) mass is 377 g/mol. The molecule has 0 fully saturated rings. The van der Waals surface area contributed by atoms with Crippen molar-refractivity contribution < 1.29 is 23.8 Å². The largest absolute Gasteiger partial charge is 0.493 e. The van der Waals surface area contributed by atoms with Gasteiger partial charge in [0.25, 0.3) is 5.91 Å². The van der Waals surface area contributed by atoms with Crippen LogP contribution in [0.25, 0.3) is 0 Å². The molecule has 2 aromatic rings. The normalized spacial score (nSPS) is 10.6. The minimum Gasteiger partial charge on any atom is -0.493 e. The van der Waals surface area contributed by atoms with Gasteiger partial charge in [-0.2, -0.15) is 5.10 Å². The van der Waals surface area contributed by atoms with Gasteiger partial charge in [0.15, 0.2) is 18.1 Å². The first-order valence-electron chi connectivity index (χ1n) is 7.83. The molecule has 12 heteroatoms. The van der Waals surface area contributed by atoms with Crippen LogP contribution in [0.15, 0.2) is 23.3 Å². The van der Waals surface area contributed by atoms with Gasteiger partial charge < -0.3 is 19.9 Å². The lowest BCUT2D eigenvalue weighted by Crippen LogP contribution is -2.24. The number of benzene rings is 1. The van der Waals surface area contributed by atoms with E-state index in [-0.39, 0.29) is 25.7 Å². The maximum absolute atomic E-state index is 11.7. The molecule has 0 aliphatic heterocycles. The van der Waals surface area contributed by atoms with E-state index in [0.29, 0.717) is 17.1 Å². The van der Waals surface area contributed by atoms with Gasteiger partial charge in [-0.25, -0.2) is 14.9 Å². The van der Waals surface area contributed by atoms with Gasteiger partial charge in [0, 0.05) is 0 Å². The zero-order chi connectivity index (χ0) is 19.6. The number of carbonyl (C=O) groups is 2. The van der Waals surface area contributed by atoms with E-state index in [1.54, 1.807) is 25.1 Å². The number of amides is 1. The number of nitrogens with one attached hydrogen (secondary N) is 1. The lowest BCUT2D eigenvalue weighted by atomic mass is 10.2.